The number of thiophene rings is 1. The Kier molecular flexibility index (Phi) is 4.07. The molecular weight excluding hydrogens is 332 g/mol. The molecule has 0 radical (unpaired) electrons. The minimum absolute atomic E-state index is 0.0944. The Morgan fingerprint density at radius 1 is 1.08 bits per heavy atom. The monoisotopic (exact) mass is 348 g/mol. The van der Waals surface area contributed by atoms with E-state index in [-0.39, 0.29) is 5.56 Å². The molecule has 0 aliphatic carbocycles. The average molecular weight is 348 g/mol. The second kappa shape index (κ2) is 6.53. The van der Waals surface area contributed by atoms with Gasteiger partial charge in [0.2, 0.25) is 0 Å². The summed E-state index contributed by atoms with van der Waals surface area (Å²) in [5.74, 6) is 1.48. The van der Waals surface area contributed by atoms with Gasteiger partial charge in [-0.2, -0.15) is 0 Å². The fraction of sp³-hybridized carbons (Fsp3) is 0.100. The van der Waals surface area contributed by atoms with Crippen LogP contribution in [-0.4, -0.2) is 17.1 Å². The van der Waals surface area contributed by atoms with Crippen molar-refractivity contribution in [3.05, 3.63) is 81.7 Å². The molecule has 1 N–H and O–H groups in total. The van der Waals surface area contributed by atoms with Crippen molar-refractivity contribution in [3.8, 4) is 16.9 Å². The van der Waals surface area contributed by atoms with Crippen molar-refractivity contribution in [1.29, 1.82) is 0 Å². The number of hydrogen-bond acceptors (Lipinski definition) is 4. The van der Waals surface area contributed by atoms with E-state index in [1.807, 2.05) is 60.0 Å². The third kappa shape index (κ3) is 3.06. The van der Waals surface area contributed by atoms with Crippen molar-refractivity contribution in [2.24, 2.45) is 0 Å². The van der Waals surface area contributed by atoms with Crippen LogP contribution in [0.5, 0.6) is 5.75 Å². The Hall–Kier alpha value is -2.92. The van der Waals surface area contributed by atoms with Gasteiger partial charge in [0.15, 0.2) is 0 Å². The lowest BCUT2D eigenvalue weighted by atomic mass is 10.1. The van der Waals surface area contributed by atoms with E-state index in [1.165, 1.54) is 11.3 Å². The van der Waals surface area contributed by atoms with Gasteiger partial charge in [0.25, 0.3) is 5.56 Å². The number of H-pyrrole nitrogens is 1. The number of benzene rings is 2. The highest BCUT2D eigenvalue weighted by molar-refractivity contribution is 7.17. The van der Waals surface area contributed by atoms with Gasteiger partial charge in [-0.25, -0.2) is 4.98 Å². The van der Waals surface area contributed by atoms with Crippen LogP contribution in [0.4, 0.5) is 0 Å². The summed E-state index contributed by atoms with van der Waals surface area (Å²) < 4.78 is 5.19. The van der Waals surface area contributed by atoms with Crippen molar-refractivity contribution in [1.82, 2.24) is 9.97 Å². The lowest BCUT2D eigenvalue weighted by molar-refractivity contribution is 0.415. The first-order valence-electron chi connectivity index (χ1n) is 7.93. The molecular formula is C20H16N2O2S. The van der Waals surface area contributed by atoms with Crippen molar-refractivity contribution in [2.75, 3.05) is 7.11 Å². The van der Waals surface area contributed by atoms with Crippen LogP contribution < -0.4 is 10.3 Å². The SMILES string of the molecule is COc1ccc(-c2csc3nc(Cc4ccccc4)[nH]c(=O)c23)cc1. The fourth-order valence-corrected chi connectivity index (χ4v) is 3.82. The van der Waals surface area contributed by atoms with Crippen LogP contribution in [0.2, 0.25) is 0 Å². The molecule has 0 bridgehead atoms. The molecule has 4 rings (SSSR count). The molecule has 0 aliphatic rings. The van der Waals surface area contributed by atoms with E-state index < -0.39 is 0 Å². The third-order valence-electron chi connectivity index (χ3n) is 4.11. The summed E-state index contributed by atoms with van der Waals surface area (Å²) in [5, 5.41) is 2.63. The lowest BCUT2D eigenvalue weighted by Gasteiger charge is -2.04. The summed E-state index contributed by atoms with van der Waals surface area (Å²) >= 11 is 1.50. The zero-order chi connectivity index (χ0) is 17.2. The molecule has 2 aromatic carbocycles. The van der Waals surface area contributed by atoms with Gasteiger partial charge in [-0.15, -0.1) is 11.3 Å². The summed E-state index contributed by atoms with van der Waals surface area (Å²) in [7, 11) is 1.64. The van der Waals surface area contributed by atoms with Crippen LogP contribution in [0.25, 0.3) is 21.3 Å². The summed E-state index contributed by atoms with van der Waals surface area (Å²) in [6, 6.07) is 17.7. The van der Waals surface area contributed by atoms with E-state index in [1.54, 1.807) is 7.11 Å². The summed E-state index contributed by atoms with van der Waals surface area (Å²) in [6.45, 7) is 0. The second-order valence-electron chi connectivity index (χ2n) is 5.73. The number of rotatable bonds is 4. The van der Waals surface area contributed by atoms with E-state index in [9.17, 15) is 4.79 Å². The predicted molar refractivity (Wildman–Crippen MR) is 101 cm³/mol. The van der Waals surface area contributed by atoms with Gasteiger partial charge in [-0.05, 0) is 23.3 Å². The average Bonchev–Trinajstić information content (AvgIpc) is 3.07. The minimum Gasteiger partial charge on any atom is -0.497 e. The number of nitrogens with zero attached hydrogens (tertiary/aromatic N) is 1. The summed E-state index contributed by atoms with van der Waals surface area (Å²) in [5.41, 5.74) is 2.91. The van der Waals surface area contributed by atoms with Crippen molar-refractivity contribution in [3.63, 3.8) is 0 Å². The maximum absolute atomic E-state index is 12.7. The molecule has 25 heavy (non-hydrogen) atoms. The number of aromatic amines is 1. The number of fused-ring (bicyclic) bond motifs is 1. The summed E-state index contributed by atoms with van der Waals surface area (Å²) in [4.78, 5) is 21.0. The Labute approximate surface area is 148 Å². The van der Waals surface area contributed by atoms with Gasteiger partial charge in [-0.3, -0.25) is 4.79 Å². The quantitative estimate of drug-likeness (QED) is 0.600. The smallest absolute Gasteiger partial charge is 0.260 e. The molecule has 124 valence electrons. The molecule has 0 spiro atoms. The molecule has 4 aromatic rings. The largest absolute Gasteiger partial charge is 0.497 e. The normalized spacial score (nSPS) is 10.9. The second-order valence-corrected chi connectivity index (χ2v) is 6.59. The first-order chi connectivity index (χ1) is 12.2. The Balaban J connectivity index is 1.75. The van der Waals surface area contributed by atoms with Crippen LogP contribution in [0, 0.1) is 0 Å². The molecule has 0 saturated carbocycles. The van der Waals surface area contributed by atoms with Crippen LogP contribution in [-0.2, 0) is 6.42 Å². The van der Waals surface area contributed by atoms with Crippen molar-refractivity contribution >= 4 is 21.6 Å². The number of aromatic nitrogens is 2. The van der Waals surface area contributed by atoms with Gasteiger partial charge >= 0.3 is 0 Å². The van der Waals surface area contributed by atoms with E-state index in [2.05, 4.69) is 9.97 Å². The maximum atomic E-state index is 12.7. The van der Waals surface area contributed by atoms with Crippen LogP contribution in [0.3, 0.4) is 0 Å². The first kappa shape index (κ1) is 15.6. The topological polar surface area (TPSA) is 55.0 Å². The molecule has 0 amide bonds. The number of ether oxygens (including phenoxy) is 1. The lowest BCUT2D eigenvalue weighted by Crippen LogP contribution is -2.11. The predicted octanol–water partition coefficient (Wildman–Crippen LogP) is 4.25. The molecule has 0 saturated heterocycles. The summed E-state index contributed by atoms with van der Waals surface area (Å²) in [6.07, 6.45) is 0.613. The highest BCUT2D eigenvalue weighted by atomic mass is 32.1. The molecule has 5 heteroatoms. The maximum Gasteiger partial charge on any atom is 0.260 e. The van der Waals surface area contributed by atoms with Crippen molar-refractivity contribution < 1.29 is 4.74 Å². The molecule has 2 aromatic heterocycles. The highest BCUT2D eigenvalue weighted by Crippen LogP contribution is 2.31. The molecule has 0 unspecified atom stereocenters. The molecule has 0 aliphatic heterocycles. The van der Waals surface area contributed by atoms with E-state index >= 15 is 0 Å². The number of hydrogen-bond donors (Lipinski definition) is 1. The Morgan fingerprint density at radius 3 is 2.56 bits per heavy atom. The first-order valence-corrected chi connectivity index (χ1v) is 8.81. The van der Waals surface area contributed by atoms with Crippen LogP contribution in [0.15, 0.2) is 64.8 Å². The van der Waals surface area contributed by atoms with Crippen molar-refractivity contribution in [2.45, 2.75) is 6.42 Å². The van der Waals surface area contributed by atoms with Gasteiger partial charge in [0, 0.05) is 17.4 Å². The van der Waals surface area contributed by atoms with Gasteiger partial charge in [0.05, 0.1) is 12.5 Å². The van der Waals surface area contributed by atoms with Gasteiger partial charge in [0.1, 0.15) is 16.4 Å². The molecule has 4 nitrogen and oxygen atoms in total. The minimum atomic E-state index is -0.0944. The van der Waals surface area contributed by atoms with Crippen LogP contribution in [0.1, 0.15) is 11.4 Å². The number of methoxy groups -OCH3 is 1. The van der Waals surface area contributed by atoms with E-state index in [0.717, 1.165) is 27.3 Å². The Bertz CT molecular complexity index is 1070. The van der Waals surface area contributed by atoms with Gasteiger partial charge < -0.3 is 9.72 Å². The molecule has 0 atom stereocenters. The highest BCUT2D eigenvalue weighted by Gasteiger charge is 2.13. The van der Waals surface area contributed by atoms with Gasteiger partial charge in [-0.1, -0.05) is 42.5 Å². The Morgan fingerprint density at radius 2 is 1.84 bits per heavy atom. The van der Waals surface area contributed by atoms with E-state index in [0.29, 0.717) is 17.6 Å². The van der Waals surface area contributed by atoms with Crippen LogP contribution >= 0.6 is 11.3 Å². The molecule has 0 fully saturated rings. The zero-order valence-electron chi connectivity index (χ0n) is 13.7. The zero-order valence-corrected chi connectivity index (χ0v) is 14.5. The number of nitrogens with one attached hydrogen (secondary N) is 1. The molecule has 2 heterocycles. The standard InChI is InChI=1S/C20H16N2O2S/c1-24-15-9-7-14(8-10-15)16-12-25-20-18(16)19(23)21-17(22-20)11-13-5-3-2-4-6-13/h2-10,12H,11H2,1H3,(H,21,22,23). The van der Waals surface area contributed by atoms with E-state index in [4.69, 9.17) is 4.74 Å². The third-order valence-corrected chi connectivity index (χ3v) is 4.98. The fourth-order valence-electron chi connectivity index (χ4n) is 2.85.